The van der Waals surface area contributed by atoms with Crippen molar-refractivity contribution in [2.75, 3.05) is 0 Å². The Hall–Kier alpha value is -1.70. The Morgan fingerprint density at radius 1 is 1.36 bits per heavy atom. The fourth-order valence-corrected chi connectivity index (χ4v) is 3.04. The van der Waals surface area contributed by atoms with Gasteiger partial charge in [0, 0.05) is 28.3 Å². The Kier molecular flexibility index (Phi) is 4.28. The van der Waals surface area contributed by atoms with E-state index in [9.17, 15) is 9.59 Å². The number of carbonyl (C=O) groups excluding carboxylic acids is 1. The van der Waals surface area contributed by atoms with E-state index >= 15 is 0 Å². The topological polar surface area (TPSA) is 64.0 Å². The maximum atomic E-state index is 12.3. The van der Waals surface area contributed by atoms with Gasteiger partial charge in [-0.15, -0.1) is 0 Å². The number of benzene rings is 1. The van der Waals surface area contributed by atoms with E-state index in [1.54, 1.807) is 13.1 Å². The molecule has 0 spiro atoms. The van der Waals surface area contributed by atoms with Crippen LogP contribution < -0.4 is 10.9 Å². The van der Waals surface area contributed by atoms with Crippen LogP contribution in [0.15, 0.2) is 35.1 Å². The first kappa shape index (κ1) is 15.2. The predicted molar refractivity (Wildman–Crippen MR) is 91.9 cm³/mol. The van der Waals surface area contributed by atoms with Crippen molar-refractivity contribution < 1.29 is 4.79 Å². The number of hydrogen-bond donors (Lipinski definition) is 1. The highest BCUT2D eigenvalue weighted by molar-refractivity contribution is 14.1. The van der Waals surface area contributed by atoms with Crippen LogP contribution in [-0.2, 0) is 19.9 Å². The lowest BCUT2D eigenvalue weighted by Crippen LogP contribution is -2.40. The second-order valence-electron chi connectivity index (χ2n) is 5.50. The number of halogens is 1. The minimum atomic E-state index is -0.108. The van der Waals surface area contributed by atoms with Gasteiger partial charge in [0.1, 0.15) is 0 Å². The van der Waals surface area contributed by atoms with Crippen LogP contribution in [0.5, 0.6) is 0 Å². The van der Waals surface area contributed by atoms with E-state index < -0.39 is 0 Å². The average Bonchev–Trinajstić information content (AvgIpc) is 2.49. The molecular weight excluding hydrogens is 393 g/mol. The highest BCUT2D eigenvalue weighted by Crippen LogP contribution is 2.18. The normalized spacial score (nSPS) is 16.9. The Bertz CT molecular complexity index is 768. The van der Waals surface area contributed by atoms with Crippen LogP contribution in [0.3, 0.4) is 0 Å². The van der Waals surface area contributed by atoms with E-state index in [1.807, 2.05) is 24.3 Å². The molecule has 0 fully saturated rings. The Morgan fingerprint density at radius 2 is 2.09 bits per heavy atom. The minimum Gasteiger partial charge on any atom is -0.349 e. The third-order valence-corrected chi connectivity index (χ3v) is 4.61. The Balaban J connectivity index is 1.72. The second kappa shape index (κ2) is 6.20. The molecule has 1 atom stereocenters. The van der Waals surface area contributed by atoms with Gasteiger partial charge < -0.3 is 5.32 Å². The number of carbonyl (C=O) groups is 1. The lowest BCUT2D eigenvalue weighted by Gasteiger charge is -2.24. The summed E-state index contributed by atoms with van der Waals surface area (Å²) in [6.45, 7) is 0. The molecule has 1 heterocycles. The number of amides is 1. The van der Waals surface area contributed by atoms with Crippen molar-refractivity contribution in [3.63, 3.8) is 0 Å². The number of nitrogens with one attached hydrogen (secondary N) is 1. The molecule has 1 amide bonds. The van der Waals surface area contributed by atoms with Crippen molar-refractivity contribution in [3.05, 3.63) is 61.1 Å². The van der Waals surface area contributed by atoms with E-state index in [1.165, 1.54) is 4.68 Å². The molecule has 3 rings (SSSR count). The summed E-state index contributed by atoms with van der Waals surface area (Å²) in [6.07, 6.45) is 2.28. The van der Waals surface area contributed by atoms with Gasteiger partial charge in [-0.2, -0.15) is 5.10 Å². The van der Waals surface area contributed by atoms with E-state index in [2.05, 4.69) is 33.0 Å². The smallest absolute Gasteiger partial charge is 0.266 e. The van der Waals surface area contributed by atoms with Crippen LogP contribution in [0.2, 0.25) is 0 Å². The molecular formula is C16H16IN3O2. The highest BCUT2D eigenvalue weighted by atomic mass is 127. The summed E-state index contributed by atoms with van der Waals surface area (Å²) in [5, 5.41) is 7.34. The fraction of sp³-hybridized carbons (Fsp3) is 0.312. The van der Waals surface area contributed by atoms with Crippen LogP contribution in [-0.4, -0.2) is 21.7 Å². The number of rotatable bonds is 2. The van der Waals surface area contributed by atoms with Gasteiger partial charge in [0.15, 0.2) is 0 Å². The zero-order valence-corrected chi connectivity index (χ0v) is 14.3. The van der Waals surface area contributed by atoms with Gasteiger partial charge in [0.25, 0.3) is 11.5 Å². The zero-order valence-electron chi connectivity index (χ0n) is 12.2. The van der Waals surface area contributed by atoms with Gasteiger partial charge in [-0.05, 0) is 71.7 Å². The lowest BCUT2D eigenvalue weighted by atomic mass is 9.92. The molecule has 0 aliphatic heterocycles. The number of aromatic nitrogens is 2. The zero-order chi connectivity index (χ0) is 15.7. The summed E-state index contributed by atoms with van der Waals surface area (Å²) in [6, 6.07) is 9.16. The lowest BCUT2D eigenvalue weighted by molar-refractivity contribution is 0.0933. The van der Waals surface area contributed by atoms with Crippen LogP contribution in [0.25, 0.3) is 0 Å². The van der Waals surface area contributed by atoms with Crippen molar-refractivity contribution in [1.82, 2.24) is 15.1 Å². The first-order valence-corrected chi connectivity index (χ1v) is 8.23. The number of hydrogen-bond acceptors (Lipinski definition) is 3. The van der Waals surface area contributed by atoms with Gasteiger partial charge in [-0.1, -0.05) is 0 Å². The fourth-order valence-electron chi connectivity index (χ4n) is 2.68. The maximum absolute atomic E-state index is 12.3. The van der Waals surface area contributed by atoms with Crippen LogP contribution in [0.4, 0.5) is 0 Å². The van der Waals surface area contributed by atoms with Gasteiger partial charge in [-0.3, -0.25) is 9.59 Å². The third kappa shape index (κ3) is 3.21. The summed E-state index contributed by atoms with van der Waals surface area (Å²) in [5.41, 5.74) is 2.46. The number of fused-ring (bicyclic) bond motifs is 1. The predicted octanol–water partition coefficient (Wildman–Crippen LogP) is 1.67. The standard InChI is InChI=1S/C16H16IN3O2/c1-20-15(21)9-11-8-13(6-7-14(11)19-20)18-16(22)10-2-4-12(17)5-3-10/h2-5,9,13H,6-8H2,1H3,(H,18,22). The SMILES string of the molecule is Cn1nc2c(cc1=O)CC(NC(=O)c1ccc(I)cc1)CC2. The average molecular weight is 409 g/mol. The molecule has 1 aromatic carbocycles. The van der Waals surface area contributed by atoms with Crippen LogP contribution in [0.1, 0.15) is 28.0 Å². The molecule has 1 aliphatic rings. The van der Waals surface area contributed by atoms with E-state index in [0.717, 1.165) is 27.7 Å². The third-order valence-electron chi connectivity index (χ3n) is 3.90. The largest absolute Gasteiger partial charge is 0.349 e. The van der Waals surface area contributed by atoms with Gasteiger partial charge in [0.2, 0.25) is 0 Å². The number of aryl methyl sites for hydroxylation is 2. The molecule has 1 unspecified atom stereocenters. The van der Waals surface area contributed by atoms with Crippen molar-refractivity contribution in [3.8, 4) is 0 Å². The van der Waals surface area contributed by atoms with Crippen molar-refractivity contribution in [1.29, 1.82) is 0 Å². The van der Waals surface area contributed by atoms with Crippen LogP contribution in [0, 0.1) is 3.57 Å². The molecule has 2 aromatic rings. The molecule has 0 saturated carbocycles. The molecule has 1 N–H and O–H groups in total. The Morgan fingerprint density at radius 3 is 2.82 bits per heavy atom. The summed E-state index contributed by atoms with van der Waals surface area (Å²) >= 11 is 2.21. The summed E-state index contributed by atoms with van der Waals surface area (Å²) in [4.78, 5) is 23.9. The molecule has 0 saturated heterocycles. The second-order valence-corrected chi connectivity index (χ2v) is 6.74. The summed E-state index contributed by atoms with van der Waals surface area (Å²) < 4.78 is 2.46. The van der Waals surface area contributed by atoms with Crippen molar-refractivity contribution in [2.45, 2.75) is 25.3 Å². The molecule has 6 heteroatoms. The molecule has 1 aromatic heterocycles. The molecule has 1 aliphatic carbocycles. The quantitative estimate of drug-likeness (QED) is 0.768. The van der Waals surface area contributed by atoms with Crippen LogP contribution >= 0.6 is 22.6 Å². The monoisotopic (exact) mass is 409 g/mol. The van der Waals surface area contributed by atoms with Crippen molar-refractivity contribution >= 4 is 28.5 Å². The van der Waals surface area contributed by atoms with E-state index in [-0.39, 0.29) is 17.5 Å². The Labute approximate surface area is 141 Å². The molecule has 5 nitrogen and oxygen atoms in total. The van der Waals surface area contributed by atoms with Gasteiger partial charge in [0.05, 0.1) is 5.69 Å². The summed E-state index contributed by atoms with van der Waals surface area (Å²) in [7, 11) is 1.66. The minimum absolute atomic E-state index is 0.0492. The van der Waals surface area contributed by atoms with Gasteiger partial charge in [-0.25, -0.2) is 4.68 Å². The van der Waals surface area contributed by atoms with E-state index in [4.69, 9.17) is 0 Å². The molecule has 22 heavy (non-hydrogen) atoms. The molecule has 0 bridgehead atoms. The maximum Gasteiger partial charge on any atom is 0.266 e. The first-order valence-electron chi connectivity index (χ1n) is 7.15. The molecule has 114 valence electrons. The summed E-state index contributed by atoms with van der Waals surface area (Å²) in [5.74, 6) is -0.0679. The van der Waals surface area contributed by atoms with Gasteiger partial charge >= 0.3 is 0 Å². The highest BCUT2D eigenvalue weighted by Gasteiger charge is 2.22. The molecule has 0 radical (unpaired) electrons. The first-order chi connectivity index (χ1) is 10.5. The van der Waals surface area contributed by atoms with E-state index in [0.29, 0.717) is 12.0 Å². The van der Waals surface area contributed by atoms with Crippen molar-refractivity contribution in [2.24, 2.45) is 7.05 Å². The number of nitrogens with zero attached hydrogens (tertiary/aromatic N) is 2.